The molecule has 0 heterocycles. The van der Waals surface area contributed by atoms with Crippen LogP contribution in [0.5, 0.6) is 5.75 Å². The second-order valence-corrected chi connectivity index (χ2v) is 6.79. The van der Waals surface area contributed by atoms with E-state index in [2.05, 4.69) is 10.6 Å². The highest BCUT2D eigenvalue weighted by Crippen LogP contribution is 2.20. The number of benzene rings is 2. The monoisotopic (exact) mass is 368 g/mol. The second kappa shape index (κ2) is 10.4. The van der Waals surface area contributed by atoms with E-state index in [4.69, 9.17) is 4.74 Å². The Kier molecular flexibility index (Phi) is 7.86. The van der Waals surface area contributed by atoms with Crippen molar-refractivity contribution in [3.63, 3.8) is 0 Å². The summed E-state index contributed by atoms with van der Waals surface area (Å²) in [5.74, 6) is 0.607. The van der Waals surface area contributed by atoms with E-state index < -0.39 is 0 Å². The Bertz CT molecular complexity index is 744. The Hall–Kier alpha value is -2.82. The molecule has 2 aromatic carbocycles. The van der Waals surface area contributed by atoms with Crippen molar-refractivity contribution >= 4 is 11.8 Å². The van der Waals surface area contributed by atoms with Crippen molar-refractivity contribution in [3.8, 4) is 5.75 Å². The summed E-state index contributed by atoms with van der Waals surface area (Å²) in [7, 11) is 0. The van der Waals surface area contributed by atoms with Crippen LogP contribution in [0.2, 0.25) is 0 Å². The summed E-state index contributed by atoms with van der Waals surface area (Å²) in [5.41, 5.74) is 1.94. The molecule has 1 unspecified atom stereocenters. The van der Waals surface area contributed by atoms with Gasteiger partial charge < -0.3 is 15.4 Å². The average Bonchev–Trinajstić information content (AvgIpc) is 2.62. The Morgan fingerprint density at radius 3 is 2.41 bits per heavy atom. The van der Waals surface area contributed by atoms with E-state index in [0.29, 0.717) is 13.0 Å². The zero-order chi connectivity index (χ0) is 19.6. The standard InChI is InChI=1S/C22H28N2O3/c1-16(2)27-20-11-7-10-19(15-20)17(3)24-21(25)12-13-23-22(26)14-18-8-5-4-6-9-18/h4-11,15-17H,12-14H2,1-3H3,(H,23,26)(H,24,25). The largest absolute Gasteiger partial charge is 0.491 e. The normalized spacial score (nSPS) is 11.7. The summed E-state index contributed by atoms with van der Waals surface area (Å²) in [6.45, 7) is 6.20. The SMILES string of the molecule is CC(C)Oc1cccc(C(C)NC(=O)CCNC(=O)Cc2ccccc2)c1. The van der Waals surface area contributed by atoms with Crippen LogP contribution in [0.25, 0.3) is 0 Å². The van der Waals surface area contributed by atoms with Gasteiger partial charge in [-0.25, -0.2) is 0 Å². The summed E-state index contributed by atoms with van der Waals surface area (Å²) in [6.07, 6.45) is 0.666. The molecule has 27 heavy (non-hydrogen) atoms. The smallest absolute Gasteiger partial charge is 0.224 e. The highest BCUT2D eigenvalue weighted by atomic mass is 16.5. The fourth-order valence-electron chi connectivity index (χ4n) is 2.69. The Morgan fingerprint density at radius 2 is 1.70 bits per heavy atom. The maximum Gasteiger partial charge on any atom is 0.224 e. The highest BCUT2D eigenvalue weighted by Gasteiger charge is 2.11. The molecule has 0 aliphatic rings. The third kappa shape index (κ3) is 7.52. The van der Waals surface area contributed by atoms with Crippen molar-refractivity contribution in [2.75, 3.05) is 6.54 Å². The molecule has 0 radical (unpaired) electrons. The van der Waals surface area contributed by atoms with Crippen LogP contribution in [0.4, 0.5) is 0 Å². The molecule has 0 aromatic heterocycles. The highest BCUT2D eigenvalue weighted by molar-refractivity contribution is 5.80. The average molecular weight is 368 g/mol. The molecule has 1 atom stereocenters. The third-order valence-corrected chi connectivity index (χ3v) is 3.99. The quantitative estimate of drug-likeness (QED) is 0.713. The van der Waals surface area contributed by atoms with Gasteiger partial charge in [-0.2, -0.15) is 0 Å². The first kappa shape index (κ1) is 20.5. The molecule has 144 valence electrons. The minimum absolute atomic E-state index is 0.0828. The number of nitrogens with one attached hydrogen (secondary N) is 2. The number of carbonyl (C=O) groups excluding carboxylic acids is 2. The Morgan fingerprint density at radius 1 is 0.963 bits per heavy atom. The van der Waals surface area contributed by atoms with Gasteiger partial charge in [0.05, 0.1) is 18.6 Å². The predicted molar refractivity (Wildman–Crippen MR) is 107 cm³/mol. The molecule has 5 heteroatoms. The van der Waals surface area contributed by atoms with E-state index in [1.165, 1.54) is 0 Å². The third-order valence-electron chi connectivity index (χ3n) is 3.99. The summed E-state index contributed by atoms with van der Waals surface area (Å²) in [6, 6.07) is 17.1. The van der Waals surface area contributed by atoms with Crippen molar-refractivity contribution < 1.29 is 14.3 Å². The predicted octanol–water partition coefficient (Wildman–Crippen LogP) is 3.40. The van der Waals surface area contributed by atoms with Crippen LogP contribution in [0, 0.1) is 0 Å². The Balaban J connectivity index is 1.74. The molecule has 2 amide bonds. The van der Waals surface area contributed by atoms with Crippen LogP contribution >= 0.6 is 0 Å². The van der Waals surface area contributed by atoms with Gasteiger partial charge >= 0.3 is 0 Å². The van der Waals surface area contributed by atoms with Crippen LogP contribution in [-0.2, 0) is 16.0 Å². The number of amides is 2. The van der Waals surface area contributed by atoms with E-state index >= 15 is 0 Å². The first-order valence-electron chi connectivity index (χ1n) is 9.30. The maximum atomic E-state index is 12.1. The minimum atomic E-state index is -0.131. The number of carbonyl (C=O) groups is 2. The number of hydrogen-bond donors (Lipinski definition) is 2. The van der Waals surface area contributed by atoms with E-state index in [-0.39, 0.29) is 30.4 Å². The fourth-order valence-corrected chi connectivity index (χ4v) is 2.69. The van der Waals surface area contributed by atoms with Crippen LogP contribution in [0.1, 0.15) is 44.4 Å². The molecule has 0 aliphatic heterocycles. The molecule has 0 saturated heterocycles. The van der Waals surface area contributed by atoms with Crippen LogP contribution in [0.15, 0.2) is 54.6 Å². The van der Waals surface area contributed by atoms with Crippen molar-refractivity contribution in [2.24, 2.45) is 0 Å². The number of ether oxygens (including phenoxy) is 1. The van der Waals surface area contributed by atoms with Gasteiger partial charge in [-0.1, -0.05) is 42.5 Å². The zero-order valence-electron chi connectivity index (χ0n) is 16.2. The summed E-state index contributed by atoms with van der Waals surface area (Å²) in [5, 5.41) is 5.74. The molecule has 0 aliphatic carbocycles. The molecule has 0 fully saturated rings. The van der Waals surface area contributed by atoms with Crippen molar-refractivity contribution in [3.05, 3.63) is 65.7 Å². The lowest BCUT2D eigenvalue weighted by Crippen LogP contribution is -2.32. The zero-order valence-corrected chi connectivity index (χ0v) is 16.2. The molecule has 2 rings (SSSR count). The van der Waals surface area contributed by atoms with Gasteiger partial charge in [-0.05, 0) is 44.0 Å². The van der Waals surface area contributed by atoms with E-state index in [0.717, 1.165) is 16.9 Å². The Labute approximate surface area is 161 Å². The fraction of sp³-hybridized carbons (Fsp3) is 0.364. The van der Waals surface area contributed by atoms with Gasteiger partial charge in [-0.3, -0.25) is 9.59 Å². The maximum absolute atomic E-state index is 12.1. The van der Waals surface area contributed by atoms with Gasteiger partial charge in [0.25, 0.3) is 0 Å². The minimum Gasteiger partial charge on any atom is -0.491 e. The molecule has 0 saturated carbocycles. The van der Waals surface area contributed by atoms with Gasteiger partial charge in [0.15, 0.2) is 0 Å². The van der Waals surface area contributed by atoms with Crippen LogP contribution in [0.3, 0.4) is 0 Å². The van der Waals surface area contributed by atoms with Gasteiger partial charge in [0.2, 0.25) is 11.8 Å². The van der Waals surface area contributed by atoms with E-state index in [1.807, 2.05) is 75.4 Å². The summed E-state index contributed by atoms with van der Waals surface area (Å²) < 4.78 is 5.69. The van der Waals surface area contributed by atoms with E-state index in [9.17, 15) is 9.59 Å². The molecule has 0 spiro atoms. The van der Waals surface area contributed by atoms with Gasteiger partial charge in [0, 0.05) is 13.0 Å². The molecule has 0 bridgehead atoms. The van der Waals surface area contributed by atoms with Crippen molar-refractivity contribution in [2.45, 2.75) is 45.8 Å². The summed E-state index contributed by atoms with van der Waals surface area (Å²) >= 11 is 0. The molecular weight excluding hydrogens is 340 g/mol. The molecule has 2 aromatic rings. The van der Waals surface area contributed by atoms with E-state index in [1.54, 1.807) is 0 Å². The first-order valence-corrected chi connectivity index (χ1v) is 9.30. The number of hydrogen-bond acceptors (Lipinski definition) is 3. The lowest BCUT2D eigenvalue weighted by atomic mass is 10.1. The number of rotatable bonds is 9. The lowest BCUT2D eigenvalue weighted by molar-refractivity contribution is -0.122. The molecule has 2 N–H and O–H groups in total. The summed E-state index contributed by atoms with van der Waals surface area (Å²) in [4.78, 5) is 24.0. The van der Waals surface area contributed by atoms with Gasteiger partial charge in [-0.15, -0.1) is 0 Å². The van der Waals surface area contributed by atoms with Gasteiger partial charge in [0.1, 0.15) is 5.75 Å². The van der Waals surface area contributed by atoms with Crippen molar-refractivity contribution in [1.82, 2.24) is 10.6 Å². The second-order valence-electron chi connectivity index (χ2n) is 6.79. The van der Waals surface area contributed by atoms with Crippen LogP contribution in [-0.4, -0.2) is 24.5 Å². The molecule has 5 nitrogen and oxygen atoms in total. The molecular formula is C22H28N2O3. The van der Waals surface area contributed by atoms with Crippen molar-refractivity contribution in [1.29, 1.82) is 0 Å². The first-order chi connectivity index (χ1) is 12.9. The topological polar surface area (TPSA) is 67.4 Å². The lowest BCUT2D eigenvalue weighted by Gasteiger charge is -2.16. The van der Waals surface area contributed by atoms with Crippen LogP contribution < -0.4 is 15.4 Å².